The van der Waals surface area contributed by atoms with E-state index in [1.807, 2.05) is 0 Å². The molecule has 1 aromatic heterocycles. The Morgan fingerprint density at radius 3 is 2.84 bits per heavy atom. The van der Waals surface area contributed by atoms with Crippen LogP contribution in [0.4, 0.5) is 5.82 Å². The van der Waals surface area contributed by atoms with Crippen LogP contribution in [0.1, 0.15) is 44.4 Å². The predicted molar refractivity (Wildman–Crippen MR) is 80.6 cm³/mol. The normalized spacial score (nSPS) is 20.0. The van der Waals surface area contributed by atoms with E-state index in [9.17, 15) is 0 Å². The SMILES string of the molecule is CCNCc1c(C)nn(C)c1N1CCCC(CC)C1. The highest BCUT2D eigenvalue weighted by Gasteiger charge is 2.24. The van der Waals surface area contributed by atoms with Crippen LogP contribution in [0.2, 0.25) is 0 Å². The summed E-state index contributed by atoms with van der Waals surface area (Å²) in [4.78, 5) is 2.55. The van der Waals surface area contributed by atoms with Crippen LogP contribution in [0.5, 0.6) is 0 Å². The molecule has 1 saturated heterocycles. The fourth-order valence-corrected chi connectivity index (χ4v) is 3.13. The summed E-state index contributed by atoms with van der Waals surface area (Å²) >= 11 is 0. The lowest BCUT2D eigenvalue weighted by Crippen LogP contribution is -2.37. The highest BCUT2D eigenvalue weighted by molar-refractivity contribution is 5.50. The molecule has 0 amide bonds. The quantitative estimate of drug-likeness (QED) is 0.887. The Morgan fingerprint density at radius 1 is 1.37 bits per heavy atom. The minimum Gasteiger partial charge on any atom is -0.356 e. The number of anilines is 1. The molecule has 1 N–H and O–H groups in total. The van der Waals surface area contributed by atoms with Gasteiger partial charge in [0.15, 0.2) is 0 Å². The molecule has 1 atom stereocenters. The van der Waals surface area contributed by atoms with Gasteiger partial charge in [-0.1, -0.05) is 20.3 Å². The van der Waals surface area contributed by atoms with Crippen LogP contribution in [-0.4, -0.2) is 29.4 Å². The molecule has 1 aliphatic heterocycles. The van der Waals surface area contributed by atoms with Crippen molar-refractivity contribution in [2.24, 2.45) is 13.0 Å². The van der Waals surface area contributed by atoms with Gasteiger partial charge in [0.25, 0.3) is 0 Å². The third-order valence-electron chi connectivity index (χ3n) is 4.26. The second-order valence-corrected chi connectivity index (χ2v) is 5.65. The topological polar surface area (TPSA) is 33.1 Å². The van der Waals surface area contributed by atoms with Crippen molar-refractivity contribution in [3.8, 4) is 0 Å². The smallest absolute Gasteiger partial charge is 0.131 e. The monoisotopic (exact) mass is 264 g/mol. The molecular formula is C15H28N4. The van der Waals surface area contributed by atoms with Crippen molar-refractivity contribution in [1.29, 1.82) is 0 Å². The molecule has 1 unspecified atom stereocenters. The Morgan fingerprint density at radius 2 is 2.16 bits per heavy atom. The van der Waals surface area contributed by atoms with Gasteiger partial charge in [0.1, 0.15) is 5.82 Å². The van der Waals surface area contributed by atoms with Gasteiger partial charge in [-0.05, 0) is 32.2 Å². The van der Waals surface area contributed by atoms with Gasteiger partial charge >= 0.3 is 0 Å². The van der Waals surface area contributed by atoms with Gasteiger partial charge in [0.2, 0.25) is 0 Å². The summed E-state index contributed by atoms with van der Waals surface area (Å²) in [5.74, 6) is 2.17. The minimum atomic E-state index is 0.843. The number of hydrogen-bond donors (Lipinski definition) is 1. The number of aryl methyl sites for hydroxylation is 2. The Labute approximate surface area is 117 Å². The lowest BCUT2D eigenvalue weighted by Gasteiger charge is -2.34. The van der Waals surface area contributed by atoms with Crippen LogP contribution < -0.4 is 10.2 Å². The van der Waals surface area contributed by atoms with E-state index in [-0.39, 0.29) is 0 Å². The van der Waals surface area contributed by atoms with Crippen molar-refractivity contribution in [3.05, 3.63) is 11.3 Å². The van der Waals surface area contributed by atoms with Gasteiger partial charge in [-0.15, -0.1) is 0 Å². The van der Waals surface area contributed by atoms with Gasteiger partial charge in [0, 0.05) is 32.2 Å². The lowest BCUT2D eigenvalue weighted by molar-refractivity contribution is 0.399. The number of nitrogens with one attached hydrogen (secondary N) is 1. The predicted octanol–water partition coefficient (Wildman–Crippen LogP) is 2.46. The molecule has 1 fully saturated rings. The second kappa shape index (κ2) is 6.42. The molecule has 0 aliphatic carbocycles. The van der Waals surface area contributed by atoms with Crippen LogP contribution in [0.3, 0.4) is 0 Å². The number of rotatable bonds is 5. The molecule has 0 saturated carbocycles. The zero-order valence-corrected chi connectivity index (χ0v) is 12.9. The Bertz CT molecular complexity index is 411. The van der Waals surface area contributed by atoms with Gasteiger partial charge < -0.3 is 10.2 Å². The van der Waals surface area contributed by atoms with Crippen molar-refractivity contribution >= 4 is 5.82 Å². The molecule has 0 radical (unpaired) electrons. The van der Waals surface area contributed by atoms with Gasteiger partial charge in [0.05, 0.1) is 5.69 Å². The van der Waals surface area contributed by atoms with E-state index in [1.54, 1.807) is 0 Å². The first kappa shape index (κ1) is 14.4. The fraction of sp³-hybridized carbons (Fsp3) is 0.800. The fourth-order valence-electron chi connectivity index (χ4n) is 3.13. The summed E-state index contributed by atoms with van der Waals surface area (Å²) in [6, 6.07) is 0. The van der Waals surface area contributed by atoms with Crippen molar-refractivity contribution in [2.75, 3.05) is 24.5 Å². The first-order chi connectivity index (χ1) is 9.17. The van der Waals surface area contributed by atoms with Crippen LogP contribution in [-0.2, 0) is 13.6 Å². The maximum absolute atomic E-state index is 4.62. The average molecular weight is 264 g/mol. The molecule has 0 bridgehead atoms. The summed E-state index contributed by atoms with van der Waals surface area (Å²) in [6.45, 7) is 10.9. The van der Waals surface area contributed by atoms with Crippen molar-refractivity contribution in [1.82, 2.24) is 15.1 Å². The Balaban J connectivity index is 2.22. The molecule has 0 spiro atoms. The van der Waals surface area contributed by atoms with E-state index in [1.165, 1.54) is 43.7 Å². The number of hydrogen-bond acceptors (Lipinski definition) is 3. The lowest BCUT2D eigenvalue weighted by atomic mass is 9.95. The summed E-state index contributed by atoms with van der Waals surface area (Å²) < 4.78 is 2.07. The van der Waals surface area contributed by atoms with Crippen LogP contribution >= 0.6 is 0 Å². The van der Waals surface area contributed by atoms with Gasteiger partial charge in [-0.25, -0.2) is 0 Å². The Kier molecular flexibility index (Phi) is 4.86. The first-order valence-corrected chi connectivity index (χ1v) is 7.65. The second-order valence-electron chi connectivity index (χ2n) is 5.65. The van der Waals surface area contributed by atoms with Crippen molar-refractivity contribution < 1.29 is 0 Å². The third-order valence-corrected chi connectivity index (χ3v) is 4.26. The van der Waals surface area contributed by atoms with E-state index < -0.39 is 0 Å². The number of nitrogens with zero attached hydrogens (tertiary/aromatic N) is 3. The molecule has 4 heteroatoms. The summed E-state index contributed by atoms with van der Waals surface area (Å²) in [5.41, 5.74) is 2.54. The van der Waals surface area contributed by atoms with Gasteiger partial charge in [-0.2, -0.15) is 5.10 Å². The van der Waals surface area contributed by atoms with Gasteiger partial charge in [-0.3, -0.25) is 4.68 Å². The standard InChI is InChI=1S/C15H28N4/c1-5-13-8-7-9-19(11-13)15-14(10-16-6-2)12(3)17-18(15)4/h13,16H,5-11H2,1-4H3. The van der Waals surface area contributed by atoms with Crippen molar-refractivity contribution in [3.63, 3.8) is 0 Å². The third kappa shape index (κ3) is 3.11. The maximum atomic E-state index is 4.62. The van der Waals surface area contributed by atoms with E-state index in [0.29, 0.717) is 0 Å². The van der Waals surface area contributed by atoms with Crippen LogP contribution in [0.15, 0.2) is 0 Å². The summed E-state index contributed by atoms with van der Waals surface area (Å²) in [6.07, 6.45) is 3.98. The Hall–Kier alpha value is -1.03. The molecule has 2 rings (SSSR count). The average Bonchev–Trinajstić information content (AvgIpc) is 2.70. The minimum absolute atomic E-state index is 0.843. The highest BCUT2D eigenvalue weighted by Crippen LogP contribution is 2.28. The maximum Gasteiger partial charge on any atom is 0.131 e. The number of piperidine rings is 1. The molecule has 1 aromatic rings. The summed E-state index contributed by atoms with van der Waals surface area (Å²) in [5, 5.41) is 8.07. The molecule has 1 aliphatic rings. The largest absolute Gasteiger partial charge is 0.356 e. The van der Waals surface area contributed by atoms with E-state index in [0.717, 1.165) is 24.7 Å². The zero-order chi connectivity index (χ0) is 13.8. The van der Waals surface area contributed by atoms with E-state index in [2.05, 4.69) is 47.8 Å². The highest BCUT2D eigenvalue weighted by atomic mass is 15.4. The van der Waals surface area contributed by atoms with Crippen LogP contribution in [0, 0.1) is 12.8 Å². The molecule has 19 heavy (non-hydrogen) atoms. The van der Waals surface area contributed by atoms with E-state index >= 15 is 0 Å². The number of aromatic nitrogens is 2. The summed E-state index contributed by atoms with van der Waals surface area (Å²) in [7, 11) is 2.08. The molecule has 108 valence electrons. The van der Waals surface area contributed by atoms with Crippen molar-refractivity contribution in [2.45, 2.75) is 46.6 Å². The zero-order valence-electron chi connectivity index (χ0n) is 12.9. The first-order valence-electron chi connectivity index (χ1n) is 7.65. The van der Waals surface area contributed by atoms with E-state index in [4.69, 9.17) is 0 Å². The molecule has 2 heterocycles. The van der Waals surface area contributed by atoms with Crippen LogP contribution in [0.25, 0.3) is 0 Å². The molecule has 4 nitrogen and oxygen atoms in total. The molecule has 0 aromatic carbocycles. The molecular weight excluding hydrogens is 236 g/mol.